The average Bonchev–Trinajstić information content (AvgIpc) is 3.55. The molecule has 1 aliphatic carbocycles. The standard InChI is InChI=1S/C25H21ClN2O3S/c26-17-6-3-5-16(13-17)21-11-10-19(31-21)15-28-25-23(20-8-1-2-9-22(20)32-25)24(29)27-14-18-7-4-12-30-18/h3-7,10-13,15H,1-2,8-9,14H2,(H,27,29)/b28-15-. The van der Waals surface area contributed by atoms with Gasteiger partial charge in [-0.15, -0.1) is 11.3 Å². The largest absolute Gasteiger partial charge is 0.467 e. The highest BCUT2D eigenvalue weighted by atomic mass is 35.5. The molecule has 0 spiro atoms. The summed E-state index contributed by atoms with van der Waals surface area (Å²) >= 11 is 7.68. The summed E-state index contributed by atoms with van der Waals surface area (Å²) in [5, 5.41) is 4.34. The molecule has 0 bridgehead atoms. The molecule has 1 aliphatic rings. The Morgan fingerprint density at radius 2 is 2.06 bits per heavy atom. The smallest absolute Gasteiger partial charge is 0.255 e. The van der Waals surface area contributed by atoms with Crippen LogP contribution in [-0.2, 0) is 19.4 Å². The number of benzene rings is 1. The van der Waals surface area contributed by atoms with Crippen molar-refractivity contribution in [1.82, 2.24) is 5.32 Å². The van der Waals surface area contributed by atoms with Crippen LogP contribution in [0, 0.1) is 0 Å². The van der Waals surface area contributed by atoms with Crippen molar-refractivity contribution < 1.29 is 13.6 Å². The maximum Gasteiger partial charge on any atom is 0.255 e. The Kier molecular flexibility index (Phi) is 5.97. The zero-order chi connectivity index (χ0) is 21.9. The molecule has 3 heterocycles. The summed E-state index contributed by atoms with van der Waals surface area (Å²) in [5.41, 5.74) is 2.71. The summed E-state index contributed by atoms with van der Waals surface area (Å²) < 4.78 is 11.3. The summed E-state index contributed by atoms with van der Waals surface area (Å²) in [5.74, 6) is 1.94. The topological polar surface area (TPSA) is 67.7 Å². The zero-order valence-electron chi connectivity index (χ0n) is 17.3. The van der Waals surface area contributed by atoms with Crippen molar-refractivity contribution in [3.8, 4) is 11.3 Å². The van der Waals surface area contributed by atoms with Crippen LogP contribution in [-0.4, -0.2) is 12.1 Å². The van der Waals surface area contributed by atoms with Gasteiger partial charge in [-0.3, -0.25) is 4.79 Å². The first-order chi connectivity index (χ1) is 15.7. The van der Waals surface area contributed by atoms with E-state index in [0.29, 0.717) is 22.9 Å². The van der Waals surface area contributed by atoms with Gasteiger partial charge < -0.3 is 14.2 Å². The van der Waals surface area contributed by atoms with Gasteiger partial charge in [0.1, 0.15) is 22.3 Å². The number of rotatable bonds is 6. The van der Waals surface area contributed by atoms with Gasteiger partial charge >= 0.3 is 0 Å². The number of nitrogens with zero attached hydrogens (tertiary/aromatic N) is 1. The number of carbonyl (C=O) groups excluding carboxylic acids is 1. The number of carbonyl (C=O) groups is 1. The van der Waals surface area contributed by atoms with Gasteiger partial charge in [-0.2, -0.15) is 0 Å². The number of hydrogen-bond acceptors (Lipinski definition) is 5. The number of nitrogens with one attached hydrogen (secondary N) is 1. The van der Waals surface area contributed by atoms with E-state index in [-0.39, 0.29) is 5.91 Å². The van der Waals surface area contributed by atoms with Gasteiger partial charge in [-0.1, -0.05) is 23.7 Å². The molecule has 4 aromatic rings. The fraction of sp³-hybridized carbons (Fsp3) is 0.200. The summed E-state index contributed by atoms with van der Waals surface area (Å²) in [4.78, 5) is 19.0. The minimum atomic E-state index is -0.119. The molecule has 0 saturated heterocycles. The lowest BCUT2D eigenvalue weighted by Crippen LogP contribution is -2.23. The first-order valence-corrected chi connectivity index (χ1v) is 11.7. The van der Waals surface area contributed by atoms with E-state index in [1.54, 1.807) is 23.8 Å². The van der Waals surface area contributed by atoms with Crippen LogP contribution in [0.15, 0.2) is 68.6 Å². The lowest BCUT2D eigenvalue weighted by Gasteiger charge is -2.12. The summed E-state index contributed by atoms with van der Waals surface area (Å²) in [6, 6.07) is 14.9. The Labute approximate surface area is 194 Å². The lowest BCUT2D eigenvalue weighted by molar-refractivity contribution is 0.0948. The molecule has 5 rings (SSSR count). The quantitative estimate of drug-likeness (QED) is 0.318. The molecule has 5 nitrogen and oxygen atoms in total. The van der Waals surface area contributed by atoms with Crippen LogP contribution in [0.1, 0.15) is 45.2 Å². The van der Waals surface area contributed by atoms with E-state index in [1.807, 2.05) is 48.5 Å². The van der Waals surface area contributed by atoms with E-state index in [1.165, 1.54) is 4.88 Å². The van der Waals surface area contributed by atoms with E-state index < -0.39 is 0 Å². The number of fused-ring (bicyclic) bond motifs is 1. The second-order valence-corrected chi connectivity index (χ2v) is 9.14. The first-order valence-electron chi connectivity index (χ1n) is 10.5. The minimum absolute atomic E-state index is 0.119. The Morgan fingerprint density at radius 1 is 1.16 bits per heavy atom. The molecule has 7 heteroatoms. The fourth-order valence-corrected chi connectivity index (χ4v) is 5.31. The van der Waals surface area contributed by atoms with Crippen LogP contribution in [0.4, 0.5) is 5.00 Å². The van der Waals surface area contributed by atoms with E-state index in [2.05, 4.69) is 10.3 Å². The van der Waals surface area contributed by atoms with Gasteiger partial charge in [0.15, 0.2) is 0 Å². The molecule has 3 aromatic heterocycles. The highest BCUT2D eigenvalue weighted by Crippen LogP contribution is 2.40. The van der Waals surface area contributed by atoms with Gasteiger partial charge in [0, 0.05) is 15.5 Å². The number of aryl methyl sites for hydroxylation is 1. The van der Waals surface area contributed by atoms with Crippen molar-refractivity contribution in [2.24, 2.45) is 4.99 Å². The fourth-order valence-electron chi connectivity index (χ4n) is 3.89. The number of halogens is 1. The lowest BCUT2D eigenvalue weighted by atomic mass is 9.95. The van der Waals surface area contributed by atoms with Crippen molar-refractivity contribution in [1.29, 1.82) is 0 Å². The summed E-state index contributed by atoms with van der Waals surface area (Å²) in [6.07, 6.45) is 7.41. The zero-order valence-corrected chi connectivity index (χ0v) is 18.8. The van der Waals surface area contributed by atoms with E-state index >= 15 is 0 Å². The van der Waals surface area contributed by atoms with Crippen LogP contribution in [0.3, 0.4) is 0 Å². The number of furan rings is 2. The van der Waals surface area contributed by atoms with Crippen molar-refractivity contribution in [3.05, 3.63) is 87.3 Å². The van der Waals surface area contributed by atoms with Crippen LogP contribution >= 0.6 is 22.9 Å². The van der Waals surface area contributed by atoms with Crippen LogP contribution in [0.2, 0.25) is 5.02 Å². The van der Waals surface area contributed by atoms with Crippen LogP contribution in [0.5, 0.6) is 0 Å². The van der Waals surface area contributed by atoms with Gasteiger partial charge in [-0.05, 0) is 67.6 Å². The minimum Gasteiger partial charge on any atom is -0.467 e. The molecule has 0 radical (unpaired) electrons. The molecule has 0 aliphatic heterocycles. The Bertz CT molecular complexity index is 1270. The molecule has 0 saturated carbocycles. The van der Waals surface area contributed by atoms with E-state index in [9.17, 15) is 4.79 Å². The maximum absolute atomic E-state index is 13.1. The number of amides is 1. The molecule has 1 amide bonds. The van der Waals surface area contributed by atoms with Gasteiger partial charge in [0.2, 0.25) is 0 Å². The van der Waals surface area contributed by atoms with Crippen molar-refractivity contribution in [3.63, 3.8) is 0 Å². The number of thiophene rings is 1. The Hall–Kier alpha value is -3.09. The summed E-state index contributed by atoms with van der Waals surface area (Å²) in [7, 11) is 0. The van der Waals surface area contributed by atoms with Gasteiger partial charge in [0.25, 0.3) is 5.91 Å². The normalized spacial score (nSPS) is 13.4. The number of hydrogen-bond donors (Lipinski definition) is 1. The van der Waals surface area contributed by atoms with Gasteiger partial charge in [0.05, 0.1) is 24.6 Å². The van der Waals surface area contributed by atoms with Crippen molar-refractivity contribution in [2.75, 3.05) is 0 Å². The Morgan fingerprint density at radius 3 is 2.91 bits per heavy atom. The second-order valence-electron chi connectivity index (χ2n) is 7.62. The molecule has 0 unspecified atom stereocenters. The maximum atomic E-state index is 13.1. The molecule has 1 N–H and O–H groups in total. The monoisotopic (exact) mass is 464 g/mol. The van der Waals surface area contributed by atoms with Crippen LogP contribution in [0.25, 0.3) is 11.3 Å². The molecule has 0 atom stereocenters. The third-order valence-electron chi connectivity index (χ3n) is 5.43. The molecule has 0 fully saturated rings. The third-order valence-corrected chi connectivity index (χ3v) is 6.86. The molecule has 32 heavy (non-hydrogen) atoms. The van der Waals surface area contributed by atoms with E-state index in [4.69, 9.17) is 20.4 Å². The highest BCUT2D eigenvalue weighted by Gasteiger charge is 2.25. The highest BCUT2D eigenvalue weighted by molar-refractivity contribution is 7.16. The predicted molar refractivity (Wildman–Crippen MR) is 127 cm³/mol. The molecular weight excluding hydrogens is 444 g/mol. The SMILES string of the molecule is O=C(NCc1ccco1)c1c(/N=C\c2ccc(-c3cccc(Cl)c3)o2)sc2c1CCCC2. The van der Waals surface area contributed by atoms with Crippen LogP contribution < -0.4 is 5.32 Å². The van der Waals surface area contributed by atoms with Crippen molar-refractivity contribution in [2.45, 2.75) is 32.2 Å². The average molecular weight is 465 g/mol. The molecule has 1 aromatic carbocycles. The first kappa shape index (κ1) is 20.8. The number of aliphatic imine (C=N–C) groups is 1. The Balaban J connectivity index is 1.40. The van der Waals surface area contributed by atoms with E-state index in [0.717, 1.165) is 53.3 Å². The summed E-state index contributed by atoms with van der Waals surface area (Å²) in [6.45, 7) is 0.348. The molecule has 162 valence electrons. The van der Waals surface area contributed by atoms with Gasteiger partial charge in [-0.25, -0.2) is 4.99 Å². The second kappa shape index (κ2) is 9.18. The van der Waals surface area contributed by atoms with Crippen molar-refractivity contribution >= 4 is 40.1 Å². The third kappa shape index (κ3) is 4.42. The predicted octanol–water partition coefficient (Wildman–Crippen LogP) is 6.81. The molecular formula is C25H21ClN2O3S.